The van der Waals surface area contributed by atoms with Crippen molar-refractivity contribution in [1.82, 2.24) is 5.32 Å². The zero-order chi connectivity index (χ0) is 16.9. The lowest BCUT2D eigenvalue weighted by atomic mass is 10.2. The molecule has 4 heteroatoms. The Morgan fingerprint density at radius 2 is 2.04 bits per heavy atom. The predicted molar refractivity (Wildman–Crippen MR) is 94.8 cm³/mol. The number of furan rings is 1. The number of ether oxygens (including phenoxy) is 1. The average Bonchev–Trinajstić information content (AvgIpc) is 3.00. The molecule has 122 valence electrons. The molecule has 24 heavy (non-hydrogen) atoms. The SMILES string of the molecule is COc1ccccc1CNC(=O)/C=C/c1cc2cc(C)ccc2o1. The quantitative estimate of drug-likeness (QED) is 0.720. The number of benzene rings is 2. The molecule has 1 amide bonds. The first-order valence-corrected chi connectivity index (χ1v) is 7.74. The van der Waals surface area contributed by atoms with E-state index >= 15 is 0 Å². The van der Waals surface area contributed by atoms with Gasteiger partial charge in [-0.15, -0.1) is 0 Å². The molecule has 2 aromatic carbocycles. The summed E-state index contributed by atoms with van der Waals surface area (Å²) >= 11 is 0. The van der Waals surface area contributed by atoms with Gasteiger partial charge in [-0.25, -0.2) is 0 Å². The van der Waals surface area contributed by atoms with E-state index in [1.807, 2.05) is 49.4 Å². The smallest absolute Gasteiger partial charge is 0.244 e. The highest BCUT2D eigenvalue weighted by atomic mass is 16.5. The molecule has 0 bridgehead atoms. The Morgan fingerprint density at radius 1 is 1.21 bits per heavy atom. The van der Waals surface area contributed by atoms with E-state index in [1.54, 1.807) is 13.2 Å². The number of hydrogen-bond acceptors (Lipinski definition) is 3. The first kappa shape index (κ1) is 15.9. The molecule has 0 aliphatic carbocycles. The molecule has 3 aromatic rings. The van der Waals surface area contributed by atoms with Crippen LogP contribution in [0.2, 0.25) is 0 Å². The van der Waals surface area contributed by atoms with E-state index in [-0.39, 0.29) is 5.91 Å². The van der Waals surface area contributed by atoms with Gasteiger partial charge in [-0.1, -0.05) is 29.8 Å². The van der Waals surface area contributed by atoms with Crippen molar-refractivity contribution in [1.29, 1.82) is 0 Å². The van der Waals surface area contributed by atoms with Crippen LogP contribution in [0.1, 0.15) is 16.9 Å². The van der Waals surface area contributed by atoms with Gasteiger partial charge in [-0.05, 0) is 37.3 Å². The van der Waals surface area contributed by atoms with Crippen LogP contribution in [0.3, 0.4) is 0 Å². The van der Waals surface area contributed by atoms with E-state index in [4.69, 9.17) is 9.15 Å². The number of carbonyl (C=O) groups excluding carboxylic acids is 1. The third-order valence-electron chi connectivity index (χ3n) is 3.74. The number of rotatable bonds is 5. The van der Waals surface area contributed by atoms with Crippen molar-refractivity contribution >= 4 is 23.0 Å². The zero-order valence-electron chi connectivity index (χ0n) is 13.7. The van der Waals surface area contributed by atoms with E-state index in [0.717, 1.165) is 22.3 Å². The van der Waals surface area contributed by atoms with Crippen LogP contribution in [0.15, 0.2) is 59.0 Å². The fourth-order valence-electron chi connectivity index (χ4n) is 2.51. The second-order valence-electron chi connectivity index (χ2n) is 5.55. The summed E-state index contributed by atoms with van der Waals surface area (Å²) in [6.45, 7) is 2.44. The Kier molecular flexibility index (Phi) is 4.66. The van der Waals surface area contributed by atoms with Crippen molar-refractivity contribution < 1.29 is 13.9 Å². The summed E-state index contributed by atoms with van der Waals surface area (Å²) < 4.78 is 11.0. The lowest BCUT2D eigenvalue weighted by Crippen LogP contribution is -2.20. The molecular weight excluding hydrogens is 302 g/mol. The molecule has 0 unspecified atom stereocenters. The van der Waals surface area contributed by atoms with Crippen LogP contribution >= 0.6 is 0 Å². The maximum absolute atomic E-state index is 12.0. The van der Waals surface area contributed by atoms with E-state index < -0.39 is 0 Å². The number of carbonyl (C=O) groups is 1. The maximum Gasteiger partial charge on any atom is 0.244 e. The van der Waals surface area contributed by atoms with Crippen LogP contribution in [0, 0.1) is 6.92 Å². The molecule has 0 saturated heterocycles. The number of amides is 1. The third-order valence-corrected chi connectivity index (χ3v) is 3.74. The number of fused-ring (bicyclic) bond motifs is 1. The highest BCUT2D eigenvalue weighted by molar-refractivity contribution is 5.92. The second-order valence-corrected chi connectivity index (χ2v) is 5.55. The molecule has 0 fully saturated rings. The number of aryl methyl sites for hydroxylation is 1. The molecule has 0 atom stereocenters. The van der Waals surface area contributed by atoms with Gasteiger partial charge in [0, 0.05) is 23.6 Å². The Bertz CT molecular complexity index is 893. The lowest BCUT2D eigenvalue weighted by molar-refractivity contribution is -0.116. The fourth-order valence-corrected chi connectivity index (χ4v) is 2.51. The van der Waals surface area contributed by atoms with Crippen LogP contribution < -0.4 is 10.1 Å². The molecule has 0 saturated carbocycles. The monoisotopic (exact) mass is 321 g/mol. The van der Waals surface area contributed by atoms with Crippen LogP contribution in [0.4, 0.5) is 0 Å². The van der Waals surface area contributed by atoms with Gasteiger partial charge in [0.15, 0.2) is 0 Å². The standard InChI is InChI=1S/C20H19NO3/c1-14-7-9-19-16(11-14)12-17(24-19)8-10-20(22)21-13-15-5-3-4-6-18(15)23-2/h3-12H,13H2,1-2H3,(H,21,22)/b10-8+. The Hall–Kier alpha value is -3.01. The third kappa shape index (κ3) is 3.66. The van der Waals surface area contributed by atoms with E-state index in [0.29, 0.717) is 12.3 Å². The minimum atomic E-state index is -0.183. The fraction of sp³-hybridized carbons (Fsp3) is 0.150. The molecule has 0 aliphatic heterocycles. The summed E-state index contributed by atoms with van der Waals surface area (Å²) in [7, 11) is 1.61. The summed E-state index contributed by atoms with van der Waals surface area (Å²) in [5.74, 6) is 1.23. The number of methoxy groups -OCH3 is 1. The number of nitrogens with one attached hydrogen (secondary N) is 1. The van der Waals surface area contributed by atoms with Crippen molar-refractivity contribution in [3.8, 4) is 5.75 Å². The van der Waals surface area contributed by atoms with Crippen molar-refractivity contribution in [3.63, 3.8) is 0 Å². The molecule has 0 spiro atoms. The van der Waals surface area contributed by atoms with E-state index in [1.165, 1.54) is 11.6 Å². The van der Waals surface area contributed by atoms with Gasteiger partial charge in [-0.2, -0.15) is 0 Å². The van der Waals surface area contributed by atoms with Crippen LogP contribution in [0.25, 0.3) is 17.0 Å². The lowest BCUT2D eigenvalue weighted by Gasteiger charge is -2.08. The van der Waals surface area contributed by atoms with Gasteiger partial charge in [-0.3, -0.25) is 4.79 Å². The number of para-hydroxylation sites is 1. The van der Waals surface area contributed by atoms with Crippen LogP contribution in [0.5, 0.6) is 5.75 Å². The highest BCUT2D eigenvalue weighted by Gasteiger charge is 2.04. The van der Waals surface area contributed by atoms with Crippen LogP contribution in [-0.4, -0.2) is 13.0 Å². The topological polar surface area (TPSA) is 51.5 Å². The van der Waals surface area contributed by atoms with Crippen molar-refractivity contribution in [3.05, 3.63) is 71.5 Å². The first-order chi connectivity index (χ1) is 11.7. The van der Waals surface area contributed by atoms with E-state index in [2.05, 4.69) is 11.4 Å². The normalized spacial score (nSPS) is 11.1. The largest absolute Gasteiger partial charge is 0.496 e. The van der Waals surface area contributed by atoms with Gasteiger partial charge in [0.1, 0.15) is 17.1 Å². The summed E-state index contributed by atoms with van der Waals surface area (Å²) in [5.41, 5.74) is 2.92. The molecular formula is C20H19NO3. The van der Waals surface area contributed by atoms with Gasteiger partial charge in [0.25, 0.3) is 0 Å². The Labute approximate surface area is 140 Å². The van der Waals surface area contributed by atoms with Gasteiger partial charge in [0.2, 0.25) is 5.91 Å². The van der Waals surface area contributed by atoms with Gasteiger partial charge in [0.05, 0.1) is 7.11 Å². The average molecular weight is 321 g/mol. The van der Waals surface area contributed by atoms with Gasteiger partial charge < -0.3 is 14.5 Å². The zero-order valence-corrected chi connectivity index (χ0v) is 13.7. The maximum atomic E-state index is 12.0. The molecule has 4 nitrogen and oxygen atoms in total. The van der Waals surface area contributed by atoms with Gasteiger partial charge >= 0.3 is 0 Å². The Balaban J connectivity index is 1.64. The molecule has 1 heterocycles. The van der Waals surface area contributed by atoms with Crippen molar-refractivity contribution in [2.75, 3.05) is 7.11 Å². The Morgan fingerprint density at radius 3 is 2.88 bits per heavy atom. The minimum Gasteiger partial charge on any atom is -0.496 e. The molecule has 1 aromatic heterocycles. The van der Waals surface area contributed by atoms with Crippen molar-refractivity contribution in [2.45, 2.75) is 13.5 Å². The summed E-state index contributed by atoms with van der Waals surface area (Å²) in [6.07, 6.45) is 3.15. The molecule has 3 rings (SSSR count). The molecule has 0 aliphatic rings. The minimum absolute atomic E-state index is 0.183. The predicted octanol–water partition coefficient (Wildman–Crippen LogP) is 4.08. The summed E-state index contributed by atoms with van der Waals surface area (Å²) in [6, 6.07) is 15.5. The second kappa shape index (κ2) is 7.04. The summed E-state index contributed by atoms with van der Waals surface area (Å²) in [4.78, 5) is 12.0. The molecule has 1 N–H and O–H groups in total. The first-order valence-electron chi connectivity index (χ1n) is 7.74. The summed E-state index contributed by atoms with van der Waals surface area (Å²) in [5, 5.41) is 3.87. The number of hydrogen-bond donors (Lipinski definition) is 1. The van der Waals surface area contributed by atoms with Crippen LogP contribution in [-0.2, 0) is 11.3 Å². The van der Waals surface area contributed by atoms with E-state index in [9.17, 15) is 4.79 Å². The van der Waals surface area contributed by atoms with Crippen molar-refractivity contribution in [2.24, 2.45) is 0 Å². The highest BCUT2D eigenvalue weighted by Crippen LogP contribution is 2.21. The molecule has 0 radical (unpaired) electrons.